The average molecular weight is 457 g/mol. The molecule has 3 aromatic heterocycles. The number of benzene rings is 2. The van der Waals surface area contributed by atoms with Crippen molar-refractivity contribution >= 4 is 39.4 Å². The van der Waals surface area contributed by atoms with Gasteiger partial charge in [-0.15, -0.1) is 10.2 Å². The number of thioether (sulfide) groups is 1. The van der Waals surface area contributed by atoms with E-state index in [2.05, 4.69) is 74.1 Å². The van der Waals surface area contributed by atoms with Gasteiger partial charge in [-0.3, -0.25) is 9.78 Å². The molecule has 5 rings (SSSR count). The van der Waals surface area contributed by atoms with Gasteiger partial charge in [0.05, 0.1) is 11.9 Å². The highest BCUT2D eigenvalue weighted by molar-refractivity contribution is 7.99. The fraction of sp³-hybridized carbons (Fsp3) is 0.240. The van der Waals surface area contributed by atoms with Crippen LogP contribution in [-0.2, 0) is 24.3 Å². The Labute approximate surface area is 195 Å². The molecular weight excluding hydrogens is 432 g/mol. The van der Waals surface area contributed by atoms with Crippen LogP contribution in [0.4, 0.5) is 0 Å². The quantitative estimate of drug-likeness (QED) is 0.313. The first-order valence-corrected chi connectivity index (χ1v) is 12.0. The SMILES string of the molecule is CCn1c(SCC(=O)Cc2ccc3c(c2)c2ccccc2n3CC)nnc1-c1cnccn1. The molecule has 0 unspecified atom stereocenters. The van der Waals surface area contributed by atoms with Crippen molar-refractivity contribution in [3.05, 3.63) is 66.6 Å². The number of para-hydroxylation sites is 1. The molecule has 0 amide bonds. The lowest BCUT2D eigenvalue weighted by Crippen LogP contribution is -2.07. The van der Waals surface area contributed by atoms with E-state index in [4.69, 9.17) is 0 Å². The molecule has 0 saturated carbocycles. The van der Waals surface area contributed by atoms with Crippen LogP contribution in [0.1, 0.15) is 19.4 Å². The van der Waals surface area contributed by atoms with E-state index in [1.54, 1.807) is 18.6 Å². The summed E-state index contributed by atoms with van der Waals surface area (Å²) >= 11 is 1.42. The summed E-state index contributed by atoms with van der Waals surface area (Å²) in [5, 5.41) is 11.7. The van der Waals surface area contributed by atoms with Crippen molar-refractivity contribution in [3.63, 3.8) is 0 Å². The Morgan fingerprint density at radius 1 is 0.939 bits per heavy atom. The van der Waals surface area contributed by atoms with Crippen molar-refractivity contribution < 1.29 is 4.79 Å². The van der Waals surface area contributed by atoms with Gasteiger partial charge in [0.25, 0.3) is 0 Å². The molecule has 2 aromatic carbocycles. The zero-order valence-corrected chi connectivity index (χ0v) is 19.4. The van der Waals surface area contributed by atoms with Crippen LogP contribution in [0.15, 0.2) is 66.2 Å². The lowest BCUT2D eigenvalue weighted by Gasteiger charge is -2.07. The minimum atomic E-state index is 0.158. The van der Waals surface area contributed by atoms with E-state index in [0.29, 0.717) is 35.4 Å². The van der Waals surface area contributed by atoms with Crippen LogP contribution in [0.25, 0.3) is 33.3 Å². The Bertz CT molecular complexity index is 1440. The van der Waals surface area contributed by atoms with Gasteiger partial charge in [0.2, 0.25) is 0 Å². The zero-order chi connectivity index (χ0) is 22.8. The Morgan fingerprint density at radius 3 is 2.55 bits per heavy atom. The number of nitrogens with zero attached hydrogens (tertiary/aromatic N) is 6. The molecule has 5 aromatic rings. The fourth-order valence-corrected chi connectivity index (χ4v) is 5.12. The van der Waals surface area contributed by atoms with Crippen LogP contribution < -0.4 is 0 Å². The predicted octanol–water partition coefficient (Wildman–Crippen LogP) is 4.79. The molecule has 0 bridgehead atoms. The lowest BCUT2D eigenvalue weighted by atomic mass is 10.1. The van der Waals surface area contributed by atoms with E-state index in [-0.39, 0.29) is 5.78 Å². The van der Waals surface area contributed by atoms with Gasteiger partial charge < -0.3 is 9.13 Å². The summed E-state index contributed by atoms with van der Waals surface area (Å²) in [6.45, 7) is 5.78. The molecule has 8 heteroatoms. The monoisotopic (exact) mass is 456 g/mol. The summed E-state index contributed by atoms with van der Waals surface area (Å²) < 4.78 is 4.28. The van der Waals surface area contributed by atoms with Gasteiger partial charge in [-0.2, -0.15) is 0 Å². The van der Waals surface area contributed by atoms with Gasteiger partial charge in [0.15, 0.2) is 11.0 Å². The number of hydrogen-bond acceptors (Lipinski definition) is 6. The number of carbonyl (C=O) groups is 1. The molecule has 166 valence electrons. The Balaban J connectivity index is 1.33. The molecule has 7 nitrogen and oxygen atoms in total. The van der Waals surface area contributed by atoms with Gasteiger partial charge in [0.1, 0.15) is 11.5 Å². The number of carbonyl (C=O) groups excluding carboxylic acids is 1. The first kappa shape index (κ1) is 21.3. The predicted molar refractivity (Wildman–Crippen MR) is 131 cm³/mol. The smallest absolute Gasteiger partial charge is 0.191 e. The van der Waals surface area contributed by atoms with E-state index < -0.39 is 0 Å². The largest absolute Gasteiger partial charge is 0.341 e. The zero-order valence-electron chi connectivity index (χ0n) is 18.6. The maximum atomic E-state index is 12.8. The summed E-state index contributed by atoms with van der Waals surface area (Å²) in [6.07, 6.45) is 5.32. The van der Waals surface area contributed by atoms with Crippen LogP contribution in [-0.4, -0.2) is 40.8 Å². The van der Waals surface area contributed by atoms with Crippen LogP contribution in [0.3, 0.4) is 0 Å². The summed E-state index contributed by atoms with van der Waals surface area (Å²) in [5.41, 5.74) is 4.14. The van der Waals surface area contributed by atoms with Crippen molar-refractivity contribution in [2.45, 2.75) is 38.5 Å². The average Bonchev–Trinajstić information content (AvgIpc) is 3.41. The molecule has 33 heavy (non-hydrogen) atoms. The van der Waals surface area contributed by atoms with E-state index in [1.807, 2.05) is 11.5 Å². The molecule has 0 atom stereocenters. The van der Waals surface area contributed by atoms with Gasteiger partial charge in [-0.05, 0) is 37.6 Å². The van der Waals surface area contributed by atoms with Gasteiger partial charge in [-0.25, -0.2) is 4.98 Å². The van der Waals surface area contributed by atoms with E-state index in [9.17, 15) is 4.79 Å². The molecular formula is C25H24N6OS. The molecule has 0 spiro atoms. The van der Waals surface area contributed by atoms with Crippen molar-refractivity contribution in [1.29, 1.82) is 0 Å². The highest BCUT2D eigenvalue weighted by Gasteiger charge is 2.16. The van der Waals surface area contributed by atoms with Crippen molar-refractivity contribution in [2.75, 3.05) is 5.75 Å². The molecule has 0 radical (unpaired) electrons. The third kappa shape index (κ3) is 4.02. The topological polar surface area (TPSA) is 78.5 Å². The van der Waals surface area contributed by atoms with Crippen molar-refractivity contribution in [1.82, 2.24) is 29.3 Å². The van der Waals surface area contributed by atoms with E-state index in [0.717, 1.165) is 12.1 Å². The fourth-order valence-electron chi connectivity index (χ4n) is 4.26. The van der Waals surface area contributed by atoms with E-state index in [1.165, 1.54) is 33.6 Å². The Morgan fingerprint density at radius 2 is 1.76 bits per heavy atom. The number of Topliss-reactive ketones (excluding diaryl/α,β-unsaturated/α-hetero) is 1. The normalized spacial score (nSPS) is 11.5. The number of fused-ring (bicyclic) bond motifs is 3. The van der Waals surface area contributed by atoms with Crippen molar-refractivity contribution in [2.24, 2.45) is 0 Å². The Kier molecular flexibility index (Phi) is 5.92. The molecule has 0 aliphatic heterocycles. The summed E-state index contributed by atoms with van der Waals surface area (Å²) in [7, 11) is 0. The lowest BCUT2D eigenvalue weighted by molar-refractivity contribution is -0.116. The minimum Gasteiger partial charge on any atom is -0.341 e. The third-order valence-corrected chi connectivity index (χ3v) is 6.77. The minimum absolute atomic E-state index is 0.158. The second kappa shape index (κ2) is 9.15. The van der Waals surface area contributed by atoms with Gasteiger partial charge in [-0.1, -0.05) is 36.0 Å². The summed E-state index contributed by atoms with van der Waals surface area (Å²) in [5.74, 6) is 1.16. The highest BCUT2D eigenvalue weighted by atomic mass is 32.2. The number of rotatable bonds is 8. The molecule has 0 fully saturated rings. The van der Waals surface area contributed by atoms with Crippen LogP contribution >= 0.6 is 11.8 Å². The highest BCUT2D eigenvalue weighted by Crippen LogP contribution is 2.30. The maximum absolute atomic E-state index is 12.8. The second-order valence-electron chi connectivity index (χ2n) is 7.76. The number of hydrogen-bond donors (Lipinski definition) is 0. The summed E-state index contributed by atoms with van der Waals surface area (Å²) in [4.78, 5) is 21.2. The number of ketones is 1. The standard InChI is InChI=1S/C25H24N6OS/c1-3-30-22-8-6-5-7-19(22)20-14-17(9-10-23(20)30)13-18(32)16-33-25-29-28-24(31(25)4-2)21-15-26-11-12-27-21/h5-12,14-15H,3-4,13,16H2,1-2H3. The summed E-state index contributed by atoms with van der Waals surface area (Å²) in [6, 6.07) is 14.8. The Hall–Kier alpha value is -3.52. The maximum Gasteiger partial charge on any atom is 0.191 e. The number of aryl methyl sites for hydroxylation is 1. The molecule has 0 saturated heterocycles. The third-order valence-electron chi connectivity index (χ3n) is 5.74. The first-order chi connectivity index (χ1) is 16.2. The first-order valence-electron chi connectivity index (χ1n) is 11.0. The van der Waals surface area contributed by atoms with E-state index >= 15 is 0 Å². The van der Waals surface area contributed by atoms with Gasteiger partial charge >= 0.3 is 0 Å². The van der Waals surface area contributed by atoms with Crippen molar-refractivity contribution in [3.8, 4) is 11.5 Å². The van der Waals surface area contributed by atoms with Crippen LogP contribution in [0.2, 0.25) is 0 Å². The molecule has 3 heterocycles. The molecule has 0 aliphatic rings. The second-order valence-corrected chi connectivity index (χ2v) is 8.70. The van der Waals surface area contributed by atoms with Crippen LogP contribution in [0.5, 0.6) is 0 Å². The number of aromatic nitrogens is 6. The van der Waals surface area contributed by atoms with Gasteiger partial charge in [0, 0.05) is 53.7 Å². The van der Waals surface area contributed by atoms with Crippen LogP contribution in [0, 0.1) is 0 Å². The molecule has 0 N–H and O–H groups in total. The molecule has 0 aliphatic carbocycles.